The highest BCUT2D eigenvalue weighted by Crippen LogP contribution is 2.53. The van der Waals surface area contributed by atoms with Crippen LogP contribution in [0.1, 0.15) is 44.7 Å². The van der Waals surface area contributed by atoms with Gasteiger partial charge in [0, 0.05) is 17.7 Å². The predicted octanol–water partition coefficient (Wildman–Crippen LogP) is 5.90. The first-order valence-corrected chi connectivity index (χ1v) is 11.2. The molecule has 2 heterocycles. The Morgan fingerprint density at radius 1 is 1.13 bits per heavy atom. The number of aromatic nitrogens is 1. The number of benzene rings is 1. The maximum atomic E-state index is 13.5. The highest BCUT2D eigenvalue weighted by atomic mass is 19.1. The maximum Gasteiger partial charge on any atom is 0.309 e. The van der Waals surface area contributed by atoms with Crippen LogP contribution in [-0.2, 0) is 9.53 Å². The van der Waals surface area contributed by atoms with E-state index in [1.165, 1.54) is 37.8 Å². The Kier molecular flexibility index (Phi) is 5.18. The van der Waals surface area contributed by atoms with Gasteiger partial charge in [0.2, 0.25) is 0 Å². The summed E-state index contributed by atoms with van der Waals surface area (Å²) in [6.45, 7) is 2.05. The zero-order valence-electron chi connectivity index (χ0n) is 17.3. The maximum absolute atomic E-state index is 13.5. The van der Waals surface area contributed by atoms with Crippen molar-refractivity contribution >= 4 is 12.0 Å². The molecule has 0 spiro atoms. The van der Waals surface area contributed by atoms with Crippen molar-refractivity contribution in [3.63, 3.8) is 0 Å². The number of rotatable bonds is 3. The molecule has 2 saturated carbocycles. The van der Waals surface area contributed by atoms with E-state index in [4.69, 9.17) is 4.74 Å². The van der Waals surface area contributed by atoms with Crippen LogP contribution in [-0.4, -0.2) is 17.1 Å². The number of hydrogen-bond acceptors (Lipinski definition) is 3. The third-order valence-electron chi connectivity index (χ3n) is 7.51. The summed E-state index contributed by atoms with van der Waals surface area (Å²) < 4.78 is 19.1. The van der Waals surface area contributed by atoms with Gasteiger partial charge in [-0.1, -0.05) is 43.5 Å². The van der Waals surface area contributed by atoms with Crippen LogP contribution in [0.25, 0.3) is 17.2 Å². The van der Waals surface area contributed by atoms with E-state index in [2.05, 4.69) is 24.1 Å². The Hall–Kier alpha value is -2.49. The van der Waals surface area contributed by atoms with E-state index in [0.29, 0.717) is 17.8 Å². The molecule has 0 bridgehead atoms. The van der Waals surface area contributed by atoms with Gasteiger partial charge in [-0.05, 0) is 67.4 Å². The zero-order chi connectivity index (χ0) is 20.7. The number of carbonyl (C=O) groups excluding carboxylic acids is 1. The molecule has 2 unspecified atom stereocenters. The van der Waals surface area contributed by atoms with Crippen LogP contribution in [0.4, 0.5) is 4.39 Å². The monoisotopic (exact) mass is 405 g/mol. The molecular formula is C26H28FNO2. The smallest absolute Gasteiger partial charge is 0.309 e. The number of carbonyl (C=O) groups is 1. The molecule has 5 rings (SSSR count). The summed E-state index contributed by atoms with van der Waals surface area (Å²) in [5, 5.41) is 0. The largest absolute Gasteiger partial charge is 0.462 e. The Morgan fingerprint density at radius 2 is 2.00 bits per heavy atom. The van der Waals surface area contributed by atoms with Gasteiger partial charge in [0.05, 0.1) is 11.6 Å². The topological polar surface area (TPSA) is 39.2 Å². The third kappa shape index (κ3) is 3.57. The van der Waals surface area contributed by atoms with Gasteiger partial charge >= 0.3 is 5.97 Å². The van der Waals surface area contributed by atoms with E-state index in [1.54, 1.807) is 12.3 Å². The number of allylic oxidation sites excluding steroid dienone is 1. The normalized spacial score (nSPS) is 33.2. The predicted molar refractivity (Wildman–Crippen MR) is 115 cm³/mol. The summed E-state index contributed by atoms with van der Waals surface area (Å²) in [6.07, 6.45) is 12.2. The second-order valence-electron chi connectivity index (χ2n) is 9.19. The fourth-order valence-corrected chi connectivity index (χ4v) is 6.14. The van der Waals surface area contributed by atoms with Crippen LogP contribution in [0.15, 0.2) is 48.7 Å². The van der Waals surface area contributed by atoms with E-state index >= 15 is 0 Å². The van der Waals surface area contributed by atoms with Gasteiger partial charge < -0.3 is 4.74 Å². The molecule has 0 radical (unpaired) electrons. The average molecular weight is 406 g/mol. The minimum absolute atomic E-state index is 0.00694. The van der Waals surface area contributed by atoms with Crippen molar-refractivity contribution in [2.24, 2.45) is 29.6 Å². The molecular weight excluding hydrogens is 377 g/mol. The van der Waals surface area contributed by atoms with E-state index < -0.39 is 0 Å². The molecule has 2 aliphatic carbocycles. The second-order valence-corrected chi connectivity index (χ2v) is 9.19. The van der Waals surface area contributed by atoms with Crippen LogP contribution < -0.4 is 0 Å². The number of fused-ring (bicyclic) bond motifs is 2. The number of esters is 1. The SMILES string of the molecule is CC1OC(=O)[C@@H]2C[C@@H]3CCCC[C@H]3[C@H](/C=C/c3ccc(-c4cccc(F)c4)cn3)C12. The number of pyridine rings is 1. The van der Waals surface area contributed by atoms with Crippen LogP contribution in [0.2, 0.25) is 0 Å². The fraction of sp³-hybridized carbons (Fsp3) is 0.462. The van der Waals surface area contributed by atoms with Gasteiger partial charge in [-0.15, -0.1) is 0 Å². The third-order valence-corrected chi connectivity index (χ3v) is 7.51. The first kappa shape index (κ1) is 19.5. The minimum Gasteiger partial charge on any atom is -0.462 e. The highest BCUT2D eigenvalue weighted by Gasteiger charge is 2.53. The molecule has 6 atom stereocenters. The number of ether oxygens (including phenoxy) is 1. The van der Waals surface area contributed by atoms with E-state index in [9.17, 15) is 9.18 Å². The van der Waals surface area contributed by atoms with Crippen LogP contribution >= 0.6 is 0 Å². The summed E-state index contributed by atoms with van der Waals surface area (Å²) in [4.78, 5) is 17.0. The van der Waals surface area contributed by atoms with Gasteiger partial charge in [0.25, 0.3) is 0 Å². The lowest BCUT2D eigenvalue weighted by atomic mass is 9.57. The number of halogens is 1. The van der Waals surface area contributed by atoms with Crippen molar-refractivity contribution in [2.45, 2.75) is 45.1 Å². The van der Waals surface area contributed by atoms with E-state index in [0.717, 1.165) is 23.2 Å². The number of nitrogens with zero attached hydrogens (tertiary/aromatic N) is 1. The molecule has 3 aliphatic rings. The minimum atomic E-state index is -0.243. The summed E-state index contributed by atoms with van der Waals surface area (Å²) in [6, 6.07) is 10.5. The van der Waals surface area contributed by atoms with Crippen molar-refractivity contribution < 1.29 is 13.9 Å². The van der Waals surface area contributed by atoms with Crippen LogP contribution in [0, 0.1) is 35.4 Å². The molecule has 3 nitrogen and oxygen atoms in total. The van der Waals surface area contributed by atoms with Crippen molar-refractivity contribution in [3.05, 3.63) is 60.2 Å². The molecule has 0 amide bonds. The molecule has 1 aromatic heterocycles. The van der Waals surface area contributed by atoms with Gasteiger partial charge in [0.1, 0.15) is 11.9 Å². The Labute approximate surface area is 177 Å². The Morgan fingerprint density at radius 3 is 2.80 bits per heavy atom. The second kappa shape index (κ2) is 7.98. The molecule has 4 heteroatoms. The van der Waals surface area contributed by atoms with Crippen molar-refractivity contribution in [1.82, 2.24) is 4.98 Å². The summed E-state index contributed by atoms with van der Waals surface area (Å²) in [7, 11) is 0. The fourth-order valence-electron chi connectivity index (χ4n) is 6.14. The van der Waals surface area contributed by atoms with Crippen molar-refractivity contribution in [2.75, 3.05) is 0 Å². The Bertz CT molecular complexity index is 954. The van der Waals surface area contributed by atoms with Gasteiger partial charge in [-0.2, -0.15) is 0 Å². The molecule has 2 aromatic rings. The quantitative estimate of drug-likeness (QED) is 0.597. The first-order chi connectivity index (χ1) is 14.6. The van der Waals surface area contributed by atoms with Gasteiger partial charge in [-0.3, -0.25) is 9.78 Å². The summed E-state index contributed by atoms with van der Waals surface area (Å²) >= 11 is 0. The number of cyclic esters (lactones) is 1. The molecule has 3 fully saturated rings. The molecule has 156 valence electrons. The summed E-state index contributed by atoms with van der Waals surface area (Å²) in [5.41, 5.74) is 2.62. The van der Waals surface area contributed by atoms with Crippen molar-refractivity contribution in [1.29, 1.82) is 0 Å². The Balaban J connectivity index is 1.39. The summed E-state index contributed by atoms with van der Waals surface area (Å²) in [5.74, 6) is 1.73. The molecule has 1 aromatic carbocycles. The highest BCUT2D eigenvalue weighted by molar-refractivity contribution is 5.75. The standard InChI is InChI=1S/C26H28FNO2/c1-16-25-23(22-8-3-2-5-18(22)14-24(25)26(29)30-16)12-11-21-10-9-19(15-28-21)17-6-4-7-20(27)13-17/h4,6-7,9-13,15-16,18,22-25H,2-3,5,8,14H2,1H3/b12-11+/t16?,18-,22+,23-,24+,25?/m0/s1. The molecule has 30 heavy (non-hydrogen) atoms. The molecule has 0 N–H and O–H groups in total. The lowest BCUT2D eigenvalue weighted by Gasteiger charge is -2.45. The lowest BCUT2D eigenvalue weighted by molar-refractivity contribution is -0.144. The van der Waals surface area contributed by atoms with Gasteiger partial charge in [-0.25, -0.2) is 4.39 Å². The van der Waals surface area contributed by atoms with Crippen molar-refractivity contribution in [3.8, 4) is 11.1 Å². The van der Waals surface area contributed by atoms with E-state index in [-0.39, 0.29) is 29.7 Å². The molecule has 1 aliphatic heterocycles. The average Bonchev–Trinajstić information content (AvgIpc) is 3.05. The van der Waals surface area contributed by atoms with Crippen LogP contribution in [0.5, 0.6) is 0 Å². The van der Waals surface area contributed by atoms with Gasteiger partial charge in [0.15, 0.2) is 0 Å². The first-order valence-electron chi connectivity index (χ1n) is 11.2. The van der Waals surface area contributed by atoms with Crippen LogP contribution in [0.3, 0.4) is 0 Å². The number of hydrogen-bond donors (Lipinski definition) is 0. The lowest BCUT2D eigenvalue weighted by Crippen LogP contribution is -2.42. The zero-order valence-corrected chi connectivity index (χ0v) is 17.3. The van der Waals surface area contributed by atoms with E-state index in [1.807, 2.05) is 18.2 Å². The molecule has 1 saturated heterocycles.